The van der Waals surface area contributed by atoms with E-state index >= 15 is 0 Å². The summed E-state index contributed by atoms with van der Waals surface area (Å²) >= 11 is 1.67. The van der Waals surface area contributed by atoms with E-state index in [0.717, 1.165) is 45.8 Å². The molecule has 5 heteroatoms. The van der Waals surface area contributed by atoms with Crippen LogP contribution in [0.1, 0.15) is 44.2 Å². The molecule has 3 aromatic carbocycles. The van der Waals surface area contributed by atoms with Crippen LogP contribution in [0.5, 0.6) is 17.2 Å². The highest BCUT2D eigenvalue weighted by Gasteiger charge is 2.16. The number of benzene rings is 3. The number of aromatic hydroxyl groups is 2. The molecule has 1 fully saturated rings. The maximum atomic E-state index is 9.95. The Hall–Kier alpha value is -3.02. The van der Waals surface area contributed by atoms with Crippen molar-refractivity contribution in [3.05, 3.63) is 77.9 Å². The monoisotopic (exact) mass is 461 g/mol. The van der Waals surface area contributed by atoms with Gasteiger partial charge in [0.1, 0.15) is 17.2 Å². The summed E-state index contributed by atoms with van der Waals surface area (Å²) in [7, 11) is 0. The first-order valence-corrected chi connectivity index (χ1v) is 12.5. The van der Waals surface area contributed by atoms with Gasteiger partial charge in [0.2, 0.25) is 0 Å². The van der Waals surface area contributed by atoms with Gasteiger partial charge in [0, 0.05) is 22.7 Å². The number of fused-ring (bicyclic) bond motifs is 1. The quantitative estimate of drug-likeness (QED) is 0.326. The smallest absolute Gasteiger partial charge is 0.147 e. The predicted molar refractivity (Wildman–Crippen MR) is 137 cm³/mol. The molecule has 5 rings (SSSR count). The van der Waals surface area contributed by atoms with Crippen LogP contribution < -0.4 is 4.84 Å². The third-order valence-corrected chi connectivity index (χ3v) is 7.00. The second kappa shape index (κ2) is 10.7. The Labute approximate surface area is 199 Å². The zero-order valence-electron chi connectivity index (χ0n) is 19.3. The lowest BCUT2D eigenvalue weighted by atomic mass is 9.99. The second-order valence-corrected chi connectivity index (χ2v) is 9.09. The van der Waals surface area contributed by atoms with Gasteiger partial charge in [0.15, 0.2) is 0 Å². The van der Waals surface area contributed by atoms with Gasteiger partial charge in [0.25, 0.3) is 0 Å². The molecule has 0 radical (unpaired) electrons. The van der Waals surface area contributed by atoms with Crippen LogP contribution in [0, 0.1) is 0 Å². The molecule has 4 aromatic rings. The molecule has 1 aromatic heterocycles. The van der Waals surface area contributed by atoms with E-state index in [1.807, 2.05) is 50.2 Å². The molecule has 0 bridgehead atoms. The highest BCUT2D eigenvalue weighted by Crippen LogP contribution is 2.41. The highest BCUT2D eigenvalue weighted by molar-refractivity contribution is 7.22. The number of piperidine rings is 1. The van der Waals surface area contributed by atoms with Crippen molar-refractivity contribution in [2.45, 2.75) is 39.5 Å². The zero-order valence-corrected chi connectivity index (χ0v) is 20.1. The van der Waals surface area contributed by atoms with Gasteiger partial charge in [-0.25, -0.2) is 0 Å². The van der Waals surface area contributed by atoms with E-state index in [-0.39, 0.29) is 11.5 Å². The Morgan fingerprint density at radius 2 is 1.48 bits per heavy atom. The largest absolute Gasteiger partial charge is 0.508 e. The van der Waals surface area contributed by atoms with E-state index in [1.165, 1.54) is 30.4 Å². The van der Waals surface area contributed by atoms with Crippen molar-refractivity contribution in [3.8, 4) is 27.7 Å². The van der Waals surface area contributed by atoms with Gasteiger partial charge in [-0.1, -0.05) is 32.4 Å². The van der Waals surface area contributed by atoms with Crippen LogP contribution in [0.3, 0.4) is 0 Å². The van der Waals surface area contributed by atoms with E-state index in [2.05, 4.69) is 17.2 Å². The van der Waals surface area contributed by atoms with Crippen LogP contribution in [0.25, 0.3) is 20.5 Å². The fourth-order valence-electron chi connectivity index (χ4n) is 4.14. The standard InChI is InChI=1S/C26H25NO3S.C2H6/c28-20-8-6-19(7-9-20)26-24(23-13-10-21(29)17-25(23)31-26)16-18-4-11-22(12-5-18)30-27-14-2-1-3-15-27;1-2/h4-13,17,28-29H,1-3,14-16H2;1-2H3. The lowest BCUT2D eigenvalue weighted by molar-refractivity contribution is -0.0720. The molecule has 33 heavy (non-hydrogen) atoms. The first-order chi connectivity index (χ1) is 16.2. The third kappa shape index (κ3) is 5.49. The average molecular weight is 462 g/mol. The molecule has 0 saturated carbocycles. The topological polar surface area (TPSA) is 52.9 Å². The number of hydrogen-bond acceptors (Lipinski definition) is 5. The Balaban J connectivity index is 0.00000126. The van der Waals surface area contributed by atoms with Crippen LogP contribution in [-0.2, 0) is 6.42 Å². The number of phenols is 2. The minimum Gasteiger partial charge on any atom is -0.508 e. The van der Waals surface area contributed by atoms with E-state index in [0.29, 0.717) is 0 Å². The lowest BCUT2D eigenvalue weighted by Gasteiger charge is -2.26. The van der Waals surface area contributed by atoms with Gasteiger partial charge in [-0.15, -0.1) is 16.4 Å². The Bertz CT molecular complexity index is 1180. The molecule has 2 heterocycles. The first kappa shape index (κ1) is 23.1. The normalized spacial score (nSPS) is 14.0. The molecular formula is C28H31NO3S. The molecule has 1 saturated heterocycles. The van der Waals surface area contributed by atoms with Crippen molar-refractivity contribution in [2.24, 2.45) is 0 Å². The summed E-state index contributed by atoms with van der Waals surface area (Å²) in [5.74, 6) is 1.41. The SMILES string of the molecule is CC.Oc1ccc(-c2sc3cc(O)ccc3c2Cc2ccc(ON3CCCCC3)cc2)cc1. The van der Waals surface area contributed by atoms with E-state index in [1.54, 1.807) is 29.5 Å². The van der Waals surface area contributed by atoms with Gasteiger partial charge in [-0.05, 0) is 95.9 Å². The Kier molecular flexibility index (Phi) is 7.53. The maximum Gasteiger partial charge on any atom is 0.147 e. The van der Waals surface area contributed by atoms with Crippen molar-refractivity contribution in [3.63, 3.8) is 0 Å². The summed E-state index contributed by atoms with van der Waals surface area (Å²) in [5, 5.41) is 22.8. The Morgan fingerprint density at radius 3 is 2.18 bits per heavy atom. The molecule has 0 unspecified atom stereocenters. The third-order valence-electron chi connectivity index (χ3n) is 5.76. The fourth-order valence-corrected chi connectivity index (χ4v) is 5.40. The van der Waals surface area contributed by atoms with Crippen molar-refractivity contribution in [1.82, 2.24) is 5.06 Å². The van der Waals surface area contributed by atoms with Crippen LogP contribution >= 0.6 is 11.3 Å². The first-order valence-electron chi connectivity index (χ1n) is 11.7. The maximum absolute atomic E-state index is 9.95. The van der Waals surface area contributed by atoms with Gasteiger partial charge in [-0.2, -0.15) is 0 Å². The molecule has 0 spiro atoms. The number of nitrogens with zero attached hydrogens (tertiary/aromatic N) is 1. The molecule has 0 amide bonds. The number of hydrogen-bond donors (Lipinski definition) is 2. The zero-order chi connectivity index (χ0) is 23.2. The van der Waals surface area contributed by atoms with Crippen molar-refractivity contribution >= 4 is 21.4 Å². The lowest BCUT2D eigenvalue weighted by Crippen LogP contribution is -2.32. The van der Waals surface area contributed by atoms with Gasteiger partial charge < -0.3 is 15.1 Å². The molecule has 0 aliphatic carbocycles. The summed E-state index contributed by atoms with van der Waals surface area (Å²) in [5.41, 5.74) is 3.51. The molecule has 2 N–H and O–H groups in total. The van der Waals surface area contributed by atoms with Gasteiger partial charge in [-0.3, -0.25) is 0 Å². The summed E-state index contributed by atoms with van der Waals surface area (Å²) in [4.78, 5) is 7.18. The fraction of sp³-hybridized carbons (Fsp3) is 0.286. The van der Waals surface area contributed by atoms with Gasteiger partial charge >= 0.3 is 0 Å². The predicted octanol–water partition coefficient (Wildman–Crippen LogP) is 7.38. The van der Waals surface area contributed by atoms with Gasteiger partial charge in [0.05, 0.1) is 0 Å². The number of rotatable bonds is 5. The number of phenolic OH excluding ortho intramolecular Hbond substituents is 2. The van der Waals surface area contributed by atoms with Crippen molar-refractivity contribution in [2.75, 3.05) is 13.1 Å². The minimum atomic E-state index is 0.258. The number of thiophene rings is 1. The van der Waals surface area contributed by atoms with Crippen molar-refractivity contribution in [1.29, 1.82) is 0 Å². The Morgan fingerprint density at radius 1 is 0.818 bits per heavy atom. The van der Waals surface area contributed by atoms with E-state index in [4.69, 9.17) is 4.84 Å². The summed E-state index contributed by atoms with van der Waals surface area (Å²) < 4.78 is 1.06. The molecule has 1 aliphatic heterocycles. The van der Waals surface area contributed by atoms with Crippen molar-refractivity contribution < 1.29 is 15.1 Å². The summed E-state index contributed by atoms with van der Waals surface area (Å²) in [6.07, 6.45) is 4.46. The van der Waals surface area contributed by atoms with Crippen LogP contribution in [0.2, 0.25) is 0 Å². The van der Waals surface area contributed by atoms with Crippen LogP contribution in [0.15, 0.2) is 66.7 Å². The molecule has 1 aliphatic rings. The van der Waals surface area contributed by atoms with Crippen LogP contribution in [-0.4, -0.2) is 28.4 Å². The number of hydroxylamine groups is 2. The molecular weight excluding hydrogens is 430 g/mol. The summed E-state index contributed by atoms with van der Waals surface area (Å²) in [6, 6.07) is 21.2. The van der Waals surface area contributed by atoms with E-state index < -0.39 is 0 Å². The molecule has 172 valence electrons. The van der Waals surface area contributed by atoms with Crippen LogP contribution in [0.4, 0.5) is 0 Å². The highest BCUT2D eigenvalue weighted by atomic mass is 32.1. The van der Waals surface area contributed by atoms with E-state index in [9.17, 15) is 10.2 Å². The second-order valence-electron chi connectivity index (χ2n) is 8.04. The minimum absolute atomic E-state index is 0.258. The molecule has 4 nitrogen and oxygen atoms in total. The summed E-state index contributed by atoms with van der Waals surface area (Å²) in [6.45, 7) is 5.98. The molecule has 0 atom stereocenters. The average Bonchev–Trinajstić information content (AvgIpc) is 3.20.